The fourth-order valence-corrected chi connectivity index (χ4v) is 6.09. The largest absolute Gasteiger partial charge is 0.378 e. The van der Waals surface area contributed by atoms with Gasteiger partial charge in [0.15, 0.2) is 0 Å². The van der Waals surface area contributed by atoms with E-state index in [0.717, 1.165) is 48.8 Å². The molecule has 4 rings (SSSR count). The minimum atomic E-state index is -2.94. The summed E-state index contributed by atoms with van der Waals surface area (Å²) in [7, 11) is -2.94. The third-order valence-corrected chi connectivity index (χ3v) is 8.09. The molecule has 0 unspecified atom stereocenters. The highest BCUT2D eigenvalue weighted by molar-refractivity contribution is 7.91. The van der Waals surface area contributed by atoms with Gasteiger partial charge in [-0.2, -0.15) is 4.98 Å². The van der Waals surface area contributed by atoms with Gasteiger partial charge in [0, 0.05) is 30.8 Å². The molecule has 2 saturated heterocycles. The van der Waals surface area contributed by atoms with Gasteiger partial charge in [0.25, 0.3) is 0 Å². The summed E-state index contributed by atoms with van der Waals surface area (Å²) in [6.07, 6.45) is 2.75. The molecule has 0 spiro atoms. The summed E-state index contributed by atoms with van der Waals surface area (Å²) in [5, 5.41) is 1.10. The molecule has 0 amide bonds. The Kier molecular flexibility index (Phi) is 5.57. The number of aromatic nitrogens is 2. The average Bonchev–Trinajstić information content (AvgIpc) is 3.03. The molecule has 148 valence electrons. The van der Waals surface area contributed by atoms with Crippen LogP contribution in [0.15, 0.2) is 6.07 Å². The predicted octanol–water partition coefficient (Wildman–Crippen LogP) is 2.19. The number of ether oxygens (including phenoxy) is 1. The van der Waals surface area contributed by atoms with Crippen molar-refractivity contribution in [2.24, 2.45) is 0 Å². The van der Waals surface area contributed by atoms with Crippen molar-refractivity contribution >= 4 is 48.8 Å². The molecule has 0 aliphatic carbocycles. The number of nitrogens with zero attached hydrogens (tertiary/aromatic N) is 4. The number of anilines is 1. The Hall–Kier alpha value is -1.00. The van der Waals surface area contributed by atoms with Crippen LogP contribution in [0, 0.1) is 0 Å². The summed E-state index contributed by atoms with van der Waals surface area (Å²) in [6, 6.07) is 2.16. The Morgan fingerprint density at radius 3 is 2.59 bits per heavy atom. The molecular formula is C17H23ClN4O3S2. The lowest BCUT2D eigenvalue weighted by molar-refractivity contribution is 0.122. The van der Waals surface area contributed by atoms with Crippen LogP contribution in [0.25, 0.3) is 10.2 Å². The van der Waals surface area contributed by atoms with Gasteiger partial charge in [-0.1, -0.05) is 0 Å². The molecule has 4 heterocycles. The lowest BCUT2D eigenvalue weighted by Gasteiger charge is -2.30. The fourth-order valence-electron chi connectivity index (χ4n) is 3.74. The molecule has 27 heavy (non-hydrogen) atoms. The number of sulfone groups is 1. The van der Waals surface area contributed by atoms with Gasteiger partial charge in [0.1, 0.15) is 20.5 Å². The number of thiophene rings is 1. The first kappa shape index (κ1) is 19.3. The molecule has 0 saturated carbocycles. The van der Waals surface area contributed by atoms with Crippen LogP contribution in [0.4, 0.5) is 5.82 Å². The Balaban J connectivity index is 1.52. The van der Waals surface area contributed by atoms with Crippen LogP contribution >= 0.6 is 22.9 Å². The van der Waals surface area contributed by atoms with Gasteiger partial charge >= 0.3 is 0 Å². The van der Waals surface area contributed by atoms with E-state index in [0.29, 0.717) is 26.1 Å². The monoisotopic (exact) mass is 430 g/mol. The van der Waals surface area contributed by atoms with Crippen molar-refractivity contribution in [1.29, 1.82) is 0 Å². The van der Waals surface area contributed by atoms with Crippen molar-refractivity contribution in [2.45, 2.75) is 24.6 Å². The number of likely N-dealkylation sites (tertiary alicyclic amines) is 1. The van der Waals surface area contributed by atoms with Crippen molar-refractivity contribution in [3.63, 3.8) is 0 Å². The number of halogens is 1. The second-order valence-electron chi connectivity index (χ2n) is 7.15. The summed E-state index contributed by atoms with van der Waals surface area (Å²) < 4.78 is 28.9. The van der Waals surface area contributed by atoms with Crippen molar-refractivity contribution in [3.05, 3.63) is 16.2 Å². The van der Waals surface area contributed by atoms with Gasteiger partial charge in [0.05, 0.1) is 23.8 Å². The Morgan fingerprint density at radius 1 is 1.22 bits per heavy atom. The van der Waals surface area contributed by atoms with Crippen molar-refractivity contribution in [1.82, 2.24) is 14.9 Å². The third-order valence-electron chi connectivity index (χ3n) is 5.23. The van der Waals surface area contributed by atoms with Crippen LogP contribution in [-0.4, -0.2) is 74.2 Å². The smallest absolute Gasteiger partial charge is 0.225 e. The van der Waals surface area contributed by atoms with Gasteiger partial charge in [0.2, 0.25) is 5.28 Å². The molecular weight excluding hydrogens is 408 g/mol. The topological polar surface area (TPSA) is 75.6 Å². The molecule has 0 aromatic carbocycles. The van der Waals surface area contributed by atoms with Crippen LogP contribution in [0.3, 0.4) is 0 Å². The molecule has 0 radical (unpaired) electrons. The maximum absolute atomic E-state index is 11.7. The van der Waals surface area contributed by atoms with E-state index < -0.39 is 9.84 Å². The number of hydrogen-bond donors (Lipinski definition) is 0. The van der Waals surface area contributed by atoms with E-state index in [1.54, 1.807) is 11.3 Å². The average molecular weight is 431 g/mol. The van der Waals surface area contributed by atoms with E-state index in [2.05, 4.69) is 25.8 Å². The first-order valence-corrected chi connectivity index (χ1v) is 12.2. The maximum atomic E-state index is 11.7. The van der Waals surface area contributed by atoms with E-state index in [1.165, 1.54) is 11.1 Å². The zero-order chi connectivity index (χ0) is 19.0. The zero-order valence-corrected chi connectivity index (χ0v) is 17.6. The molecule has 2 fully saturated rings. The van der Waals surface area contributed by atoms with Gasteiger partial charge in [-0.25, -0.2) is 13.4 Å². The zero-order valence-electron chi connectivity index (χ0n) is 15.2. The van der Waals surface area contributed by atoms with E-state index >= 15 is 0 Å². The summed E-state index contributed by atoms with van der Waals surface area (Å²) in [5.74, 6) is 0.881. The predicted molar refractivity (Wildman–Crippen MR) is 109 cm³/mol. The van der Waals surface area contributed by atoms with Crippen LogP contribution in [0.5, 0.6) is 0 Å². The molecule has 10 heteroatoms. The standard InChI is InChI=1S/C17H23ClN4O3S2/c1-27(23,24)13-2-4-21(5-3-13)11-12-10-14-15(22-6-8-25-9-7-22)19-17(18)20-16(14)26-12/h10,13H,2-9,11H2,1H3. The summed E-state index contributed by atoms with van der Waals surface area (Å²) in [4.78, 5) is 15.5. The first-order valence-electron chi connectivity index (χ1n) is 9.10. The Labute approximate surface area is 168 Å². The first-order chi connectivity index (χ1) is 12.9. The van der Waals surface area contributed by atoms with E-state index in [9.17, 15) is 8.42 Å². The summed E-state index contributed by atoms with van der Waals surface area (Å²) in [6.45, 7) is 5.38. The molecule has 2 aliphatic rings. The van der Waals surface area contributed by atoms with Crippen LogP contribution in [0.2, 0.25) is 5.28 Å². The molecule has 0 atom stereocenters. The highest BCUT2D eigenvalue weighted by atomic mass is 35.5. The van der Waals surface area contributed by atoms with Crippen LogP contribution < -0.4 is 4.90 Å². The van der Waals surface area contributed by atoms with Crippen LogP contribution in [-0.2, 0) is 21.1 Å². The molecule has 7 nitrogen and oxygen atoms in total. The maximum Gasteiger partial charge on any atom is 0.225 e. The minimum Gasteiger partial charge on any atom is -0.378 e. The van der Waals surface area contributed by atoms with Gasteiger partial charge in [-0.15, -0.1) is 11.3 Å². The lowest BCUT2D eigenvalue weighted by atomic mass is 10.1. The number of piperidine rings is 1. The normalized spacial score (nSPS) is 20.4. The van der Waals surface area contributed by atoms with E-state index in [4.69, 9.17) is 16.3 Å². The number of fused-ring (bicyclic) bond motifs is 1. The minimum absolute atomic E-state index is 0.200. The van der Waals surface area contributed by atoms with Gasteiger partial charge in [-0.05, 0) is 43.6 Å². The van der Waals surface area contributed by atoms with Crippen LogP contribution in [0.1, 0.15) is 17.7 Å². The Morgan fingerprint density at radius 2 is 1.93 bits per heavy atom. The van der Waals surface area contributed by atoms with Crippen molar-refractivity contribution in [3.8, 4) is 0 Å². The number of rotatable bonds is 4. The lowest BCUT2D eigenvalue weighted by Crippen LogP contribution is -2.38. The van der Waals surface area contributed by atoms with Gasteiger partial charge in [-0.3, -0.25) is 4.90 Å². The van der Waals surface area contributed by atoms with Crippen molar-refractivity contribution in [2.75, 3.05) is 50.5 Å². The Bertz CT molecular complexity index is 920. The molecule has 2 aromatic rings. The highest BCUT2D eigenvalue weighted by Gasteiger charge is 2.27. The summed E-state index contributed by atoms with van der Waals surface area (Å²) in [5.41, 5.74) is 0. The second kappa shape index (κ2) is 7.79. The molecule has 0 N–H and O–H groups in total. The highest BCUT2D eigenvalue weighted by Crippen LogP contribution is 2.33. The third kappa shape index (κ3) is 4.37. The summed E-state index contributed by atoms with van der Waals surface area (Å²) >= 11 is 7.80. The molecule has 2 aliphatic heterocycles. The van der Waals surface area contributed by atoms with E-state index in [-0.39, 0.29) is 10.5 Å². The van der Waals surface area contributed by atoms with E-state index in [1.807, 2.05) is 0 Å². The van der Waals surface area contributed by atoms with Gasteiger partial charge < -0.3 is 9.64 Å². The number of hydrogen-bond acceptors (Lipinski definition) is 8. The molecule has 2 aromatic heterocycles. The fraction of sp³-hybridized carbons (Fsp3) is 0.647. The SMILES string of the molecule is CS(=O)(=O)C1CCN(Cc2cc3c(N4CCOCC4)nc(Cl)nc3s2)CC1. The quantitative estimate of drug-likeness (QED) is 0.688. The molecule has 0 bridgehead atoms. The second-order valence-corrected chi connectivity index (χ2v) is 10.9. The van der Waals surface area contributed by atoms with Crippen molar-refractivity contribution < 1.29 is 13.2 Å². The number of morpholine rings is 1.